The minimum Gasteiger partial charge on any atom is -0.497 e. The summed E-state index contributed by atoms with van der Waals surface area (Å²) in [6.45, 7) is 0.877. The molecule has 0 atom stereocenters. The Morgan fingerprint density at radius 1 is 1.21 bits per heavy atom. The van der Waals surface area contributed by atoms with Gasteiger partial charge in [-0.15, -0.1) is 0 Å². The number of likely N-dealkylation sites (tertiary alicyclic amines) is 1. The van der Waals surface area contributed by atoms with Gasteiger partial charge in [-0.1, -0.05) is 6.07 Å². The number of hydrogen-bond acceptors (Lipinski definition) is 3. The monoisotopic (exact) mass is 339 g/mol. The van der Waals surface area contributed by atoms with Crippen LogP contribution in [0.4, 0.5) is 8.78 Å². The van der Waals surface area contributed by atoms with Gasteiger partial charge in [-0.05, 0) is 30.9 Å². The molecule has 0 N–H and O–H groups in total. The molecule has 1 aromatic carbocycles. The van der Waals surface area contributed by atoms with E-state index in [0.717, 1.165) is 5.56 Å². The number of carbonyl (C=O) groups is 1. The molecule has 3 rings (SSSR count). The Hall–Kier alpha value is -1.85. The Bertz CT molecular complexity index is 625. The lowest BCUT2D eigenvalue weighted by Gasteiger charge is -2.32. The molecule has 0 unspecified atom stereocenters. The van der Waals surface area contributed by atoms with Crippen LogP contribution in [0.15, 0.2) is 18.2 Å². The van der Waals surface area contributed by atoms with E-state index in [1.54, 1.807) is 25.2 Å². The molecule has 1 spiro atoms. The molecule has 1 aliphatic carbocycles. The first kappa shape index (κ1) is 17.0. The molecule has 1 aliphatic heterocycles. The van der Waals surface area contributed by atoms with Crippen LogP contribution in [0, 0.1) is 5.41 Å². The SMILES string of the molecule is COc1ccc(CCC(=O)N2CCC3(CC2)CC3(F)F)c(OC)c1. The molecule has 1 amide bonds. The molecular formula is C18H23F2NO3. The summed E-state index contributed by atoms with van der Waals surface area (Å²) < 4.78 is 37.3. The number of nitrogens with zero attached hydrogens (tertiary/aromatic N) is 1. The number of alkyl halides is 2. The van der Waals surface area contributed by atoms with Gasteiger partial charge in [0, 0.05) is 37.4 Å². The minimum absolute atomic E-state index is 0.00885. The van der Waals surface area contributed by atoms with Crippen molar-refractivity contribution in [2.24, 2.45) is 5.41 Å². The van der Waals surface area contributed by atoms with Crippen LogP contribution < -0.4 is 9.47 Å². The molecule has 6 heteroatoms. The van der Waals surface area contributed by atoms with Crippen molar-refractivity contribution in [3.05, 3.63) is 23.8 Å². The van der Waals surface area contributed by atoms with Crippen LogP contribution in [0.1, 0.15) is 31.2 Å². The smallest absolute Gasteiger partial charge is 0.254 e. The molecular weight excluding hydrogens is 316 g/mol. The molecule has 132 valence electrons. The van der Waals surface area contributed by atoms with Gasteiger partial charge in [0.1, 0.15) is 11.5 Å². The summed E-state index contributed by atoms with van der Waals surface area (Å²) >= 11 is 0. The van der Waals surface area contributed by atoms with Crippen molar-refractivity contribution in [1.82, 2.24) is 4.90 Å². The first-order valence-corrected chi connectivity index (χ1v) is 8.27. The Morgan fingerprint density at radius 3 is 2.42 bits per heavy atom. The summed E-state index contributed by atoms with van der Waals surface area (Å²) in [5, 5.41) is 0. The Balaban J connectivity index is 1.53. The zero-order chi connectivity index (χ0) is 17.4. The van der Waals surface area contributed by atoms with E-state index in [1.807, 2.05) is 12.1 Å². The lowest BCUT2D eigenvalue weighted by Crippen LogP contribution is -2.40. The summed E-state index contributed by atoms with van der Waals surface area (Å²) in [6.07, 6.45) is 1.73. The van der Waals surface area contributed by atoms with Gasteiger partial charge in [0.05, 0.1) is 14.2 Å². The molecule has 1 saturated carbocycles. The van der Waals surface area contributed by atoms with E-state index in [4.69, 9.17) is 9.47 Å². The lowest BCUT2D eigenvalue weighted by molar-refractivity contribution is -0.133. The van der Waals surface area contributed by atoms with Gasteiger partial charge in [0.25, 0.3) is 5.92 Å². The third-order valence-electron chi connectivity index (χ3n) is 5.39. The van der Waals surface area contributed by atoms with Crippen LogP contribution in [-0.2, 0) is 11.2 Å². The number of methoxy groups -OCH3 is 2. The maximum atomic E-state index is 13.4. The molecule has 2 aliphatic rings. The standard InChI is InChI=1S/C18H23F2NO3/c1-23-14-5-3-13(15(11-14)24-2)4-6-16(22)21-9-7-17(8-10-21)12-18(17,19)20/h3,5,11H,4,6-10,12H2,1-2H3. The second-order valence-electron chi connectivity index (χ2n) is 6.72. The number of aryl methyl sites for hydroxylation is 1. The summed E-state index contributed by atoms with van der Waals surface area (Å²) in [5.41, 5.74) is 0.122. The third kappa shape index (κ3) is 3.06. The highest BCUT2D eigenvalue weighted by molar-refractivity contribution is 5.76. The zero-order valence-corrected chi connectivity index (χ0v) is 14.1. The molecule has 0 bridgehead atoms. The topological polar surface area (TPSA) is 38.8 Å². The van der Waals surface area contributed by atoms with Crippen molar-refractivity contribution in [2.75, 3.05) is 27.3 Å². The van der Waals surface area contributed by atoms with E-state index >= 15 is 0 Å². The number of rotatable bonds is 5. The number of halogens is 2. The van der Waals surface area contributed by atoms with Gasteiger partial charge < -0.3 is 14.4 Å². The normalized spacial score (nSPS) is 20.8. The van der Waals surface area contributed by atoms with Crippen molar-refractivity contribution in [3.63, 3.8) is 0 Å². The van der Waals surface area contributed by atoms with E-state index in [9.17, 15) is 13.6 Å². The van der Waals surface area contributed by atoms with Gasteiger partial charge in [0.15, 0.2) is 0 Å². The van der Waals surface area contributed by atoms with Crippen molar-refractivity contribution < 1.29 is 23.0 Å². The maximum Gasteiger partial charge on any atom is 0.254 e. The summed E-state index contributed by atoms with van der Waals surface area (Å²) in [4.78, 5) is 14.1. The molecule has 2 fully saturated rings. The van der Waals surface area contributed by atoms with E-state index < -0.39 is 11.3 Å². The number of ether oxygens (including phenoxy) is 2. The second kappa shape index (κ2) is 6.22. The fraction of sp³-hybridized carbons (Fsp3) is 0.611. The van der Waals surface area contributed by atoms with Crippen LogP contribution in [0.25, 0.3) is 0 Å². The van der Waals surface area contributed by atoms with Crippen LogP contribution in [-0.4, -0.2) is 44.0 Å². The van der Waals surface area contributed by atoms with Gasteiger partial charge in [0.2, 0.25) is 5.91 Å². The summed E-state index contributed by atoms with van der Waals surface area (Å²) in [5.74, 6) is -1.10. The number of piperidine rings is 1. The van der Waals surface area contributed by atoms with Crippen LogP contribution in [0.5, 0.6) is 11.5 Å². The van der Waals surface area contributed by atoms with Gasteiger partial charge in [-0.25, -0.2) is 8.78 Å². The molecule has 4 nitrogen and oxygen atoms in total. The number of amides is 1. The Morgan fingerprint density at radius 2 is 1.88 bits per heavy atom. The summed E-state index contributed by atoms with van der Waals surface area (Å²) in [6, 6.07) is 5.52. The van der Waals surface area contributed by atoms with Gasteiger partial charge in [-0.3, -0.25) is 4.79 Å². The van der Waals surface area contributed by atoms with E-state index in [-0.39, 0.29) is 12.3 Å². The molecule has 1 saturated heterocycles. The van der Waals surface area contributed by atoms with Crippen molar-refractivity contribution >= 4 is 5.91 Å². The molecule has 0 aromatic heterocycles. The fourth-order valence-corrected chi connectivity index (χ4v) is 3.57. The minimum atomic E-state index is -2.52. The van der Waals surface area contributed by atoms with Crippen LogP contribution in [0.2, 0.25) is 0 Å². The third-order valence-corrected chi connectivity index (χ3v) is 5.39. The quantitative estimate of drug-likeness (QED) is 0.826. The largest absolute Gasteiger partial charge is 0.497 e. The first-order chi connectivity index (χ1) is 11.4. The highest BCUT2D eigenvalue weighted by Gasteiger charge is 2.70. The number of carbonyl (C=O) groups excluding carboxylic acids is 1. The average Bonchev–Trinajstić information content (AvgIpc) is 3.12. The second-order valence-corrected chi connectivity index (χ2v) is 6.72. The zero-order valence-electron chi connectivity index (χ0n) is 14.1. The Labute approximate surface area is 140 Å². The number of benzene rings is 1. The first-order valence-electron chi connectivity index (χ1n) is 8.27. The highest BCUT2D eigenvalue weighted by atomic mass is 19.3. The van der Waals surface area contributed by atoms with E-state index in [2.05, 4.69) is 0 Å². The van der Waals surface area contributed by atoms with Crippen LogP contribution >= 0.6 is 0 Å². The fourth-order valence-electron chi connectivity index (χ4n) is 3.57. The molecule has 1 heterocycles. The van der Waals surface area contributed by atoms with Gasteiger partial charge in [-0.2, -0.15) is 0 Å². The molecule has 0 radical (unpaired) electrons. The summed E-state index contributed by atoms with van der Waals surface area (Å²) in [7, 11) is 3.17. The van der Waals surface area contributed by atoms with Crippen molar-refractivity contribution in [3.8, 4) is 11.5 Å². The highest BCUT2D eigenvalue weighted by Crippen LogP contribution is 2.65. The molecule has 24 heavy (non-hydrogen) atoms. The van der Waals surface area contributed by atoms with Crippen molar-refractivity contribution in [2.45, 2.75) is 38.0 Å². The molecule has 1 aromatic rings. The van der Waals surface area contributed by atoms with E-state index in [1.165, 1.54) is 0 Å². The average molecular weight is 339 g/mol. The number of hydrogen-bond donors (Lipinski definition) is 0. The Kier molecular flexibility index (Phi) is 4.40. The maximum absolute atomic E-state index is 13.4. The van der Waals surface area contributed by atoms with Crippen molar-refractivity contribution in [1.29, 1.82) is 0 Å². The lowest BCUT2D eigenvalue weighted by atomic mass is 9.92. The van der Waals surface area contributed by atoms with Gasteiger partial charge >= 0.3 is 0 Å². The predicted molar refractivity (Wildman–Crippen MR) is 85.7 cm³/mol. The van der Waals surface area contributed by atoms with Crippen LogP contribution in [0.3, 0.4) is 0 Å². The van der Waals surface area contributed by atoms with E-state index in [0.29, 0.717) is 50.3 Å². The predicted octanol–water partition coefficient (Wildman–Crippen LogP) is 3.28.